The number of benzene rings is 1. The molecule has 5 nitrogen and oxygen atoms in total. The molecule has 1 unspecified atom stereocenters. The van der Waals surface area contributed by atoms with Crippen LogP contribution in [0.5, 0.6) is 0 Å². The van der Waals surface area contributed by atoms with Crippen LogP contribution in [0.4, 0.5) is 5.69 Å². The largest absolute Gasteiger partial charge is 0.755 e. The van der Waals surface area contributed by atoms with Crippen molar-refractivity contribution >= 4 is 28.6 Å². The van der Waals surface area contributed by atoms with Crippen LogP contribution in [0.1, 0.15) is 5.56 Å². The Bertz CT molecular complexity index is 348. The molecule has 0 fully saturated rings. The van der Waals surface area contributed by atoms with E-state index in [1.807, 2.05) is 0 Å². The lowest BCUT2D eigenvalue weighted by molar-refractivity contribution is 0.542. The fraction of sp³-hybridized carbons (Fsp3) is 0.143. The molecule has 78 valence electrons. The van der Waals surface area contributed by atoms with Gasteiger partial charge in [0.1, 0.15) is 0 Å². The van der Waals surface area contributed by atoms with Crippen LogP contribution < -0.4 is 16.0 Å². The van der Waals surface area contributed by atoms with Gasteiger partial charge >= 0.3 is 0 Å². The van der Waals surface area contributed by atoms with Crippen molar-refractivity contribution in [3.63, 3.8) is 0 Å². The predicted molar refractivity (Wildman–Crippen MR) is 55.0 cm³/mol. The number of nitrogens with one attached hydrogen (secondary N) is 2. The van der Waals surface area contributed by atoms with Crippen molar-refractivity contribution in [2.45, 2.75) is 6.54 Å². The van der Waals surface area contributed by atoms with E-state index >= 15 is 0 Å². The predicted octanol–water partition coefficient (Wildman–Crippen LogP) is 0.509. The third-order valence-corrected chi connectivity index (χ3v) is 2.25. The molecule has 0 saturated carbocycles. The Morgan fingerprint density at radius 1 is 1.57 bits per heavy atom. The highest BCUT2D eigenvalue weighted by Gasteiger charge is 2.01. The van der Waals surface area contributed by atoms with Crippen molar-refractivity contribution in [2.75, 3.05) is 4.72 Å². The topological polar surface area (TPSA) is 90.2 Å². The summed E-state index contributed by atoms with van der Waals surface area (Å²) in [5.41, 5.74) is 3.64. The molecule has 0 heterocycles. The summed E-state index contributed by atoms with van der Waals surface area (Å²) < 4.78 is 22.9. The lowest BCUT2D eigenvalue weighted by Crippen LogP contribution is -2.20. The van der Waals surface area contributed by atoms with E-state index in [-0.39, 0.29) is 0 Å². The van der Waals surface area contributed by atoms with Gasteiger partial charge in [0.15, 0.2) is 0 Å². The second kappa shape index (κ2) is 5.28. The summed E-state index contributed by atoms with van der Waals surface area (Å²) in [6, 6.07) is 4.96. The van der Waals surface area contributed by atoms with Crippen LogP contribution in [0.3, 0.4) is 0 Å². The number of anilines is 1. The molecule has 14 heavy (non-hydrogen) atoms. The van der Waals surface area contributed by atoms with Gasteiger partial charge in [-0.2, -0.15) is 0 Å². The van der Waals surface area contributed by atoms with E-state index in [0.29, 0.717) is 17.3 Å². The lowest BCUT2D eigenvalue weighted by atomic mass is 10.2. The van der Waals surface area contributed by atoms with Gasteiger partial charge in [0.2, 0.25) is 0 Å². The molecule has 7 heteroatoms. The molecule has 0 saturated heterocycles. The van der Waals surface area contributed by atoms with Crippen LogP contribution in [0, 0.1) is 0 Å². The van der Waals surface area contributed by atoms with Gasteiger partial charge in [-0.15, -0.1) is 0 Å². The molecule has 0 aliphatic heterocycles. The molecule has 0 radical (unpaired) electrons. The molecule has 1 aromatic rings. The molecule has 1 aromatic carbocycles. The summed E-state index contributed by atoms with van der Waals surface area (Å²) in [6.45, 7) is 0.442. The third kappa shape index (κ3) is 3.24. The van der Waals surface area contributed by atoms with Crippen molar-refractivity contribution in [1.82, 2.24) is 5.43 Å². The van der Waals surface area contributed by atoms with Crippen LogP contribution in [0.15, 0.2) is 18.2 Å². The maximum atomic E-state index is 10.4. The first-order valence-electron chi connectivity index (χ1n) is 3.71. The quantitative estimate of drug-likeness (QED) is 0.402. The first kappa shape index (κ1) is 11.4. The second-order valence-electron chi connectivity index (χ2n) is 2.53. The van der Waals surface area contributed by atoms with Crippen molar-refractivity contribution in [2.24, 2.45) is 5.84 Å². The summed E-state index contributed by atoms with van der Waals surface area (Å²) in [5.74, 6) is 5.12. The van der Waals surface area contributed by atoms with E-state index < -0.39 is 11.3 Å². The van der Waals surface area contributed by atoms with E-state index in [9.17, 15) is 8.76 Å². The van der Waals surface area contributed by atoms with Gasteiger partial charge in [-0.1, -0.05) is 17.7 Å². The lowest BCUT2D eigenvalue weighted by Gasteiger charge is -2.11. The van der Waals surface area contributed by atoms with Gasteiger partial charge in [0, 0.05) is 17.8 Å². The van der Waals surface area contributed by atoms with Crippen molar-refractivity contribution < 1.29 is 8.76 Å². The molecule has 4 N–H and O–H groups in total. The molecule has 1 rings (SSSR count). The molecule has 0 aliphatic rings. The summed E-state index contributed by atoms with van der Waals surface area (Å²) in [6.07, 6.45) is 0. The van der Waals surface area contributed by atoms with Crippen LogP contribution in [0.2, 0.25) is 5.02 Å². The van der Waals surface area contributed by atoms with Crippen molar-refractivity contribution in [3.05, 3.63) is 28.8 Å². The van der Waals surface area contributed by atoms with Gasteiger partial charge in [-0.25, -0.2) is 0 Å². The zero-order chi connectivity index (χ0) is 10.6. The van der Waals surface area contributed by atoms with Gasteiger partial charge in [-0.05, 0) is 17.7 Å². The Morgan fingerprint density at radius 2 is 2.29 bits per heavy atom. The highest BCUT2D eigenvalue weighted by molar-refractivity contribution is 7.80. The summed E-state index contributed by atoms with van der Waals surface area (Å²) >= 11 is 3.38. The Morgan fingerprint density at radius 3 is 2.86 bits per heavy atom. The number of hydrazine groups is 1. The maximum absolute atomic E-state index is 10.4. The SMILES string of the molecule is NNCc1ccc(Cl)c(NS(=O)[O-])c1. The Balaban J connectivity index is 2.90. The number of rotatable bonds is 4. The number of halogens is 1. The first-order chi connectivity index (χ1) is 6.63. The highest BCUT2D eigenvalue weighted by Crippen LogP contribution is 2.23. The molecular formula is C7H9ClN3O2S-. The molecular weight excluding hydrogens is 226 g/mol. The first-order valence-corrected chi connectivity index (χ1v) is 5.16. The molecule has 0 amide bonds. The monoisotopic (exact) mass is 234 g/mol. The van der Waals surface area contributed by atoms with Crippen LogP contribution in [-0.2, 0) is 17.8 Å². The van der Waals surface area contributed by atoms with E-state index in [2.05, 4.69) is 10.1 Å². The summed E-state index contributed by atoms with van der Waals surface area (Å²) in [4.78, 5) is 0. The average molecular weight is 235 g/mol. The minimum atomic E-state index is -2.38. The van der Waals surface area contributed by atoms with E-state index in [1.165, 1.54) is 0 Å². The average Bonchev–Trinajstić information content (AvgIpc) is 2.10. The minimum Gasteiger partial charge on any atom is -0.755 e. The van der Waals surface area contributed by atoms with Gasteiger partial charge < -0.3 is 9.27 Å². The minimum absolute atomic E-state index is 0.341. The summed E-state index contributed by atoms with van der Waals surface area (Å²) in [7, 11) is 0. The smallest absolute Gasteiger partial charge is 0.0646 e. The van der Waals surface area contributed by atoms with E-state index in [1.54, 1.807) is 18.2 Å². The molecule has 0 spiro atoms. The Hall–Kier alpha value is -0.660. The number of hydrogen-bond acceptors (Lipinski definition) is 4. The second-order valence-corrected chi connectivity index (χ2v) is 3.61. The van der Waals surface area contributed by atoms with Gasteiger partial charge in [0.25, 0.3) is 0 Å². The number of nitrogens with two attached hydrogens (primary N) is 1. The number of hydrogen-bond donors (Lipinski definition) is 3. The fourth-order valence-corrected chi connectivity index (χ4v) is 1.54. The fourth-order valence-electron chi connectivity index (χ4n) is 0.968. The van der Waals surface area contributed by atoms with Crippen LogP contribution in [0.25, 0.3) is 0 Å². The van der Waals surface area contributed by atoms with Crippen molar-refractivity contribution in [3.8, 4) is 0 Å². The molecule has 0 aromatic heterocycles. The zero-order valence-corrected chi connectivity index (χ0v) is 8.69. The maximum Gasteiger partial charge on any atom is 0.0646 e. The molecule has 1 atom stereocenters. The molecule has 0 aliphatic carbocycles. The van der Waals surface area contributed by atoms with Crippen LogP contribution in [-0.4, -0.2) is 8.76 Å². The van der Waals surface area contributed by atoms with Gasteiger partial charge in [-0.3, -0.25) is 15.5 Å². The standard InChI is InChI=1S/C7H10ClN3O2S/c8-6-2-1-5(4-10-9)3-7(6)11-14(12)13/h1-3,10-11H,4,9H2,(H,12,13)/p-1. The normalized spacial score (nSPS) is 12.5. The zero-order valence-electron chi connectivity index (χ0n) is 7.12. The van der Waals surface area contributed by atoms with Crippen LogP contribution >= 0.6 is 11.6 Å². The van der Waals surface area contributed by atoms with Crippen molar-refractivity contribution in [1.29, 1.82) is 0 Å². The summed E-state index contributed by atoms with van der Waals surface area (Å²) in [5, 5.41) is 0.343. The van der Waals surface area contributed by atoms with E-state index in [0.717, 1.165) is 5.56 Å². The Kier molecular flexibility index (Phi) is 4.30. The van der Waals surface area contributed by atoms with E-state index in [4.69, 9.17) is 17.4 Å². The Labute approximate surface area is 89.0 Å². The highest BCUT2D eigenvalue weighted by atomic mass is 35.5. The molecule has 0 bridgehead atoms. The third-order valence-electron chi connectivity index (χ3n) is 1.53. The van der Waals surface area contributed by atoms with Gasteiger partial charge in [0.05, 0.1) is 10.7 Å².